The molecule has 2 aromatic rings. The van der Waals surface area contributed by atoms with Crippen LogP contribution in [0.5, 0.6) is 0 Å². The van der Waals surface area contributed by atoms with Gasteiger partial charge in [0.05, 0.1) is 4.90 Å². The lowest BCUT2D eigenvalue weighted by Crippen LogP contribution is -2.45. The van der Waals surface area contributed by atoms with Crippen LogP contribution in [0.2, 0.25) is 0 Å². The van der Waals surface area contributed by atoms with Gasteiger partial charge in [-0.15, -0.1) is 0 Å². The number of para-hydroxylation sites is 1. The molecule has 0 unspecified atom stereocenters. The van der Waals surface area contributed by atoms with E-state index in [1.807, 2.05) is 18.2 Å². The molecule has 0 saturated carbocycles. The number of nitrogens with one attached hydrogen (secondary N) is 2. The van der Waals surface area contributed by atoms with E-state index in [0.29, 0.717) is 12.1 Å². The molecule has 1 aliphatic heterocycles. The third-order valence-corrected chi connectivity index (χ3v) is 6.92. The number of hydrogen-bond acceptors (Lipinski definition) is 5. The zero-order chi connectivity index (χ0) is 22.6. The van der Waals surface area contributed by atoms with E-state index in [4.69, 9.17) is 0 Å². The summed E-state index contributed by atoms with van der Waals surface area (Å²) in [7, 11) is -1.50. The number of carbonyl (C=O) groups excluding carboxylic acids is 1. The molecule has 0 aromatic heterocycles. The van der Waals surface area contributed by atoms with Gasteiger partial charge in [-0.2, -0.15) is 0 Å². The quantitative estimate of drug-likeness (QED) is 0.715. The Morgan fingerprint density at radius 3 is 2.19 bits per heavy atom. The van der Waals surface area contributed by atoms with Gasteiger partial charge in [0.15, 0.2) is 0 Å². The molecule has 2 aromatic carbocycles. The molecule has 1 fully saturated rings. The zero-order valence-corrected chi connectivity index (χ0v) is 19.5. The number of piperazine rings is 1. The summed E-state index contributed by atoms with van der Waals surface area (Å²) in [6.45, 7) is 9.71. The molecule has 0 bridgehead atoms. The van der Waals surface area contributed by atoms with Crippen molar-refractivity contribution in [3.63, 3.8) is 0 Å². The molecular formula is C23H32N4O3S. The number of benzene rings is 2. The van der Waals surface area contributed by atoms with E-state index < -0.39 is 15.6 Å². The van der Waals surface area contributed by atoms with Crippen LogP contribution >= 0.6 is 0 Å². The lowest BCUT2D eigenvalue weighted by atomic mass is 10.1. The molecule has 2 N–H and O–H groups in total. The van der Waals surface area contributed by atoms with Crippen molar-refractivity contribution in [2.24, 2.45) is 0 Å². The van der Waals surface area contributed by atoms with Crippen LogP contribution in [0.4, 0.5) is 5.69 Å². The fraction of sp³-hybridized carbons (Fsp3) is 0.435. The first-order chi connectivity index (χ1) is 14.5. The van der Waals surface area contributed by atoms with E-state index in [2.05, 4.69) is 33.0 Å². The van der Waals surface area contributed by atoms with Crippen LogP contribution in [0, 0.1) is 0 Å². The van der Waals surface area contributed by atoms with Crippen molar-refractivity contribution in [1.82, 2.24) is 14.9 Å². The summed E-state index contributed by atoms with van der Waals surface area (Å²) in [6, 6.07) is 14.1. The van der Waals surface area contributed by atoms with Gasteiger partial charge in [0.1, 0.15) is 0 Å². The SMILES string of the molecule is CN1CCN(c2ccccc2CNC(=O)c2ccc(S(=O)(=O)NC(C)(C)C)cc2)CC1. The summed E-state index contributed by atoms with van der Waals surface area (Å²) < 4.78 is 27.5. The Balaban J connectivity index is 1.66. The fourth-order valence-corrected chi connectivity index (χ4v) is 4.96. The molecule has 0 radical (unpaired) electrons. The molecule has 1 amide bonds. The lowest BCUT2D eigenvalue weighted by molar-refractivity contribution is 0.0951. The van der Waals surface area contributed by atoms with Crippen LogP contribution in [0.3, 0.4) is 0 Å². The van der Waals surface area contributed by atoms with Crippen LogP contribution in [0.25, 0.3) is 0 Å². The molecule has 8 heteroatoms. The number of sulfonamides is 1. The third-order valence-electron chi connectivity index (χ3n) is 5.14. The molecule has 1 aliphatic rings. The number of hydrogen-bond donors (Lipinski definition) is 2. The van der Waals surface area contributed by atoms with Crippen molar-refractivity contribution in [2.75, 3.05) is 38.1 Å². The maximum absolute atomic E-state index is 12.6. The van der Waals surface area contributed by atoms with Gasteiger partial charge in [0.25, 0.3) is 5.91 Å². The predicted molar refractivity (Wildman–Crippen MR) is 124 cm³/mol. The molecule has 0 spiro atoms. The summed E-state index contributed by atoms with van der Waals surface area (Å²) >= 11 is 0. The summed E-state index contributed by atoms with van der Waals surface area (Å²) in [6.07, 6.45) is 0. The predicted octanol–water partition coefficient (Wildman–Crippen LogP) is 2.45. The Bertz CT molecular complexity index is 1010. The minimum absolute atomic E-state index is 0.138. The van der Waals surface area contributed by atoms with E-state index in [1.165, 1.54) is 12.1 Å². The highest BCUT2D eigenvalue weighted by molar-refractivity contribution is 7.89. The molecule has 0 atom stereocenters. The third kappa shape index (κ3) is 6.29. The molecule has 31 heavy (non-hydrogen) atoms. The Morgan fingerprint density at radius 2 is 1.58 bits per heavy atom. The molecule has 0 aliphatic carbocycles. The Morgan fingerprint density at radius 1 is 0.968 bits per heavy atom. The Hall–Kier alpha value is -2.42. The lowest BCUT2D eigenvalue weighted by Gasteiger charge is -2.35. The van der Waals surface area contributed by atoms with Crippen molar-refractivity contribution in [2.45, 2.75) is 37.8 Å². The van der Waals surface area contributed by atoms with Gasteiger partial charge >= 0.3 is 0 Å². The Labute approximate surface area is 185 Å². The summed E-state index contributed by atoms with van der Waals surface area (Å²) in [5, 5.41) is 2.96. The molecule has 1 saturated heterocycles. The first-order valence-electron chi connectivity index (χ1n) is 10.5. The van der Waals surface area contributed by atoms with E-state index in [1.54, 1.807) is 32.9 Å². The van der Waals surface area contributed by atoms with Gasteiger partial charge in [-0.25, -0.2) is 13.1 Å². The molecule has 168 valence electrons. The summed E-state index contributed by atoms with van der Waals surface area (Å²) in [5.74, 6) is -0.235. The van der Waals surface area contributed by atoms with E-state index in [0.717, 1.165) is 37.4 Å². The smallest absolute Gasteiger partial charge is 0.251 e. The van der Waals surface area contributed by atoms with E-state index in [-0.39, 0.29) is 10.8 Å². The summed E-state index contributed by atoms with van der Waals surface area (Å²) in [5.41, 5.74) is 2.05. The van der Waals surface area contributed by atoms with Gasteiger partial charge in [0.2, 0.25) is 10.0 Å². The maximum Gasteiger partial charge on any atom is 0.251 e. The van der Waals surface area contributed by atoms with Gasteiger partial charge in [0, 0.05) is 49.5 Å². The van der Waals surface area contributed by atoms with Crippen LogP contribution < -0.4 is 14.9 Å². The topological polar surface area (TPSA) is 81.8 Å². The van der Waals surface area contributed by atoms with Crippen LogP contribution in [-0.2, 0) is 16.6 Å². The molecule has 1 heterocycles. The average molecular weight is 445 g/mol. The van der Waals surface area contributed by atoms with Crippen molar-refractivity contribution < 1.29 is 13.2 Å². The maximum atomic E-state index is 12.6. The largest absolute Gasteiger partial charge is 0.369 e. The standard InChI is InChI=1S/C23H32N4O3S/c1-23(2,3)25-31(29,30)20-11-9-18(10-12-20)22(28)24-17-19-7-5-6-8-21(19)27-15-13-26(4)14-16-27/h5-12,25H,13-17H2,1-4H3,(H,24,28). The fourth-order valence-electron chi connectivity index (χ4n) is 3.54. The number of likely N-dealkylation sites (N-methyl/N-ethyl adjacent to an activating group) is 1. The molecule has 3 rings (SSSR count). The second-order valence-electron chi connectivity index (χ2n) is 8.98. The van der Waals surface area contributed by atoms with Crippen LogP contribution in [-0.4, -0.2) is 58.0 Å². The average Bonchev–Trinajstić information content (AvgIpc) is 2.71. The van der Waals surface area contributed by atoms with E-state index in [9.17, 15) is 13.2 Å². The molecular weight excluding hydrogens is 412 g/mol. The van der Waals surface area contributed by atoms with Gasteiger partial charge in [-0.1, -0.05) is 18.2 Å². The minimum atomic E-state index is -3.63. The van der Waals surface area contributed by atoms with Crippen molar-refractivity contribution in [3.05, 3.63) is 59.7 Å². The number of amides is 1. The normalized spacial score (nSPS) is 15.7. The highest BCUT2D eigenvalue weighted by Gasteiger charge is 2.22. The Kier molecular flexibility index (Phi) is 7.03. The zero-order valence-electron chi connectivity index (χ0n) is 18.7. The summed E-state index contributed by atoms with van der Waals surface area (Å²) in [4.78, 5) is 17.4. The van der Waals surface area contributed by atoms with Crippen molar-refractivity contribution >= 4 is 21.6 Å². The monoisotopic (exact) mass is 444 g/mol. The van der Waals surface area contributed by atoms with Crippen LogP contribution in [0.1, 0.15) is 36.7 Å². The molecule has 7 nitrogen and oxygen atoms in total. The van der Waals surface area contributed by atoms with Gasteiger partial charge in [-0.3, -0.25) is 4.79 Å². The second kappa shape index (κ2) is 9.38. The van der Waals surface area contributed by atoms with Crippen molar-refractivity contribution in [3.8, 4) is 0 Å². The number of nitrogens with zero attached hydrogens (tertiary/aromatic N) is 2. The number of anilines is 1. The van der Waals surface area contributed by atoms with Crippen LogP contribution in [0.15, 0.2) is 53.4 Å². The van der Waals surface area contributed by atoms with Gasteiger partial charge < -0.3 is 15.1 Å². The first-order valence-corrected chi connectivity index (χ1v) is 12.0. The number of rotatable bonds is 6. The first kappa shape index (κ1) is 23.2. The van der Waals surface area contributed by atoms with Gasteiger partial charge in [-0.05, 0) is 63.7 Å². The van der Waals surface area contributed by atoms with E-state index >= 15 is 0 Å². The minimum Gasteiger partial charge on any atom is -0.369 e. The number of carbonyl (C=O) groups is 1. The highest BCUT2D eigenvalue weighted by atomic mass is 32.2. The highest BCUT2D eigenvalue weighted by Crippen LogP contribution is 2.22. The van der Waals surface area contributed by atoms with Crippen molar-refractivity contribution in [1.29, 1.82) is 0 Å². The second-order valence-corrected chi connectivity index (χ2v) is 10.7.